The maximum absolute atomic E-state index is 15.0. The quantitative estimate of drug-likeness (QED) is 0.133. The van der Waals surface area contributed by atoms with Crippen molar-refractivity contribution in [1.82, 2.24) is 4.90 Å². The molecule has 3 fully saturated rings. The molecular weight excluding hydrogens is 610 g/mol. The number of hydrogen-bond acceptors (Lipinski definition) is 5. The van der Waals surface area contributed by atoms with Crippen LogP contribution in [0.2, 0.25) is 0 Å². The molecule has 6 unspecified atom stereocenters. The van der Waals surface area contributed by atoms with Crippen molar-refractivity contribution in [3.05, 3.63) is 70.6 Å². The summed E-state index contributed by atoms with van der Waals surface area (Å²) in [6.07, 6.45) is 1.07. The number of anilines is 1. The Kier molecular flexibility index (Phi) is 6.29. The molecule has 2 aliphatic heterocycles. The van der Waals surface area contributed by atoms with E-state index in [1.54, 1.807) is 13.0 Å². The number of fused-ring (bicyclic) bond motifs is 4. The van der Waals surface area contributed by atoms with Crippen molar-refractivity contribution in [2.45, 2.75) is 35.4 Å². The summed E-state index contributed by atoms with van der Waals surface area (Å²) >= 11 is 13.9. The van der Waals surface area contributed by atoms with Crippen LogP contribution in [0, 0.1) is 46.8 Å². The number of amides is 4. The molecule has 1 N–H and O–H groups in total. The lowest BCUT2D eigenvalue weighted by Gasteiger charge is -2.50. The molecule has 0 aromatic heterocycles. The minimum atomic E-state index is -2.62. The zero-order valence-corrected chi connectivity index (χ0v) is 22.9. The number of rotatable bonds is 3. The van der Waals surface area contributed by atoms with Crippen LogP contribution in [-0.2, 0) is 19.2 Å². The van der Waals surface area contributed by atoms with Gasteiger partial charge in [-0.3, -0.25) is 24.1 Å². The second-order valence-corrected chi connectivity index (χ2v) is 12.0. The zero-order chi connectivity index (χ0) is 30.6. The molecule has 6 atom stereocenters. The number of halogens is 7. The van der Waals surface area contributed by atoms with E-state index in [0.717, 1.165) is 4.90 Å². The summed E-state index contributed by atoms with van der Waals surface area (Å²) in [6, 6.07) is 5.33. The molecule has 2 saturated heterocycles. The Labute approximate surface area is 244 Å². The van der Waals surface area contributed by atoms with Gasteiger partial charge in [-0.1, -0.05) is 23.8 Å². The van der Waals surface area contributed by atoms with Crippen molar-refractivity contribution in [3.63, 3.8) is 0 Å². The molecule has 42 heavy (non-hydrogen) atoms. The fourth-order valence-electron chi connectivity index (χ4n) is 7.02. The first kappa shape index (κ1) is 28.6. The average Bonchev–Trinajstić information content (AvgIpc) is 3.29. The van der Waals surface area contributed by atoms with E-state index in [4.69, 9.17) is 23.2 Å². The highest BCUT2D eigenvalue weighted by Gasteiger charge is 2.77. The Bertz CT molecular complexity index is 1640. The zero-order valence-electron chi connectivity index (χ0n) is 21.4. The van der Waals surface area contributed by atoms with Gasteiger partial charge in [-0.05, 0) is 43.4 Å². The van der Waals surface area contributed by atoms with Crippen LogP contribution in [0.5, 0.6) is 5.75 Å². The molecule has 0 spiro atoms. The van der Waals surface area contributed by atoms with Gasteiger partial charge in [0.2, 0.25) is 17.6 Å². The average molecular weight is 629 g/mol. The third kappa shape index (κ3) is 3.33. The number of aromatic hydroxyl groups is 1. The summed E-state index contributed by atoms with van der Waals surface area (Å²) in [6.45, 7) is 1.67. The molecule has 2 aromatic rings. The number of hydrogen-bond donors (Lipinski definition) is 1. The molecule has 7 nitrogen and oxygen atoms in total. The number of phenolic OH excluding ortho intramolecular Hbond substituents is 1. The molecule has 0 bridgehead atoms. The van der Waals surface area contributed by atoms with E-state index in [0.29, 0.717) is 5.57 Å². The van der Waals surface area contributed by atoms with Crippen molar-refractivity contribution < 1.29 is 46.2 Å². The molecule has 6 rings (SSSR count). The molecule has 14 heteroatoms. The van der Waals surface area contributed by atoms with Gasteiger partial charge in [-0.15, -0.1) is 23.2 Å². The van der Waals surface area contributed by atoms with Gasteiger partial charge in [0.25, 0.3) is 11.8 Å². The lowest BCUT2D eigenvalue weighted by molar-refractivity contribution is -0.140. The van der Waals surface area contributed by atoms with Crippen LogP contribution in [0.15, 0.2) is 35.9 Å². The molecule has 2 aromatic carbocycles. The minimum Gasteiger partial charge on any atom is -0.508 e. The van der Waals surface area contributed by atoms with E-state index in [-0.39, 0.29) is 29.2 Å². The fraction of sp³-hybridized carbons (Fsp3) is 0.357. The van der Waals surface area contributed by atoms with Crippen LogP contribution in [-0.4, -0.2) is 49.9 Å². The first-order valence-electron chi connectivity index (χ1n) is 12.8. The second kappa shape index (κ2) is 9.24. The van der Waals surface area contributed by atoms with Crippen LogP contribution in [0.3, 0.4) is 0 Å². The van der Waals surface area contributed by atoms with E-state index in [1.807, 2.05) is 0 Å². The Morgan fingerprint density at radius 1 is 0.905 bits per heavy atom. The number of allylic oxidation sites excluding steroid dienone is 2. The highest BCUT2D eigenvalue weighted by atomic mass is 35.5. The number of nitrogens with zero attached hydrogens (tertiary/aromatic N) is 2. The third-order valence-corrected chi connectivity index (χ3v) is 10.2. The second-order valence-electron chi connectivity index (χ2n) is 10.7. The monoisotopic (exact) mass is 628 g/mol. The van der Waals surface area contributed by atoms with Crippen LogP contribution in [0.25, 0.3) is 0 Å². The molecule has 2 heterocycles. The number of carbonyl (C=O) groups excluding carboxylic acids is 4. The number of benzene rings is 2. The number of phenols is 1. The van der Waals surface area contributed by atoms with Gasteiger partial charge in [-0.2, -0.15) is 0 Å². The topological polar surface area (TPSA) is 95.0 Å². The molecule has 1 saturated carbocycles. The SMILES string of the molecule is CCN1C(=O)C2CC=C3C(CC4(Cl)C(=O)N(c5c(F)c(F)c(F)c(F)c5F)C(=O)C4(Cl)C3c3cccc(O)c3)C2C1=O. The highest BCUT2D eigenvalue weighted by Crippen LogP contribution is 2.66. The van der Waals surface area contributed by atoms with Gasteiger partial charge in [0.05, 0.1) is 11.8 Å². The summed E-state index contributed by atoms with van der Waals surface area (Å²) in [5, 5.41) is 10.2. The van der Waals surface area contributed by atoms with E-state index in [9.17, 15) is 46.2 Å². The van der Waals surface area contributed by atoms with Crippen LogP contribution < -0.4 is 4.90 Å². The number of carbonyl (C=O) groups is 4. The standard InChI is InChI=1S/C28H19Cl2F5N2O5/c1-2-36-23(39)13-7-6-12-14(15(13)24(36)40)9-27(29)25(41)37(22-20(34)18(32)17(31)19(33)21(22)35)26(42)28(27,30)16(12)10-4-3-5-11(38)8-10/h3-6,8,13-16,38H,2,7,9H2,1H3. The van der Waals surface area contributed by atoms with Crippen molar-refractivity contribution in [2.24, 2.45) is 17.8 Å². The first-order chi connectivity index (χ1) is 19.7. The Hall–Kier alpha value is -3.51. The maximum Gasteiger partial charge on any atom is 0.258 e. The summed E-state index contributed by atoms with van der Waals surface area (Å²) in [5.74, 6) is -20.9. The Morgan fingerprint density at radius 3 is 2.12 bits per heavy atom. The molecule has 220 valence electrons. The van der Waals surface area contributed by atoms with Gasteiger partial charge in [0, 0.05) is 12.5 Å². The fourth-order valence-corrected chi connectivity index (χ4v) is 7.96. The van der Waals surface area contributed by atoms with E-state index >= 15 is 0 Å². The van der Waals surface area contributed by atoms with Crippen molar-refractivity contribution >= 4 is 52.5 Å². The van der Waals surface area contributed by atoms with Gasteiger partial charge >= 0.3 is 0 Å². The van der Waals surface area contributed by atoms with E-state index in [2.05, 4.69) is 0 Å². The highest BCUT2D eigenvalue weighted by molar-refractivity contribution is 6.58. The minimum absolute atomic E-state index is 0.0542. The number of likely N-dealkylation sites (tertiary alicyclic amines) is 1. The van der Waals surface area contributed by atoms with E-state index in [1.165, 1.54) is 24.3 Å². The molecule has 4 aliphatic rings. The lowest BCUT2D eigenvalue weighted by atomic mass is 9.56. The largest absolute Gasteiger partial charge is 0.508 e. The van der Waals surface area contributed by atoms with Crippen LogP contribution >= 0.6 is 23.2 Å². The molecule has 4 amide bonds. The van der Waals surface area contributed by atoms with Crippen LogP contribution in [0.4, 0.5) is 27.6 Å². The normalized spacial score (nSPS) is 32.2. The first-order valence-corrected chi connectivity index (χ1v) is 13.6. The van der Waals surface area contributed by atoms with Crippen molar-refractivity contribution in [1.29, 1.82) is 0 Å². The van der Waals surface area contributed by atoms with Crippen molar-refractivity contribution in [2.75, 3.05) is 11.4 Å². The third-order valence-electron chi connectivity index (χ3n) is 8.83. The smallest absolute Gasteiger partial charge is 0.258 e. The summed E-state index contributed by atoms with van der Waals surface area (Å²) in [5.41, 5.74) is -1.41. The van der Waals surface area contributed by atoms with Crippen LogP contribution in [0.1, 0.15) is 31.2 Å². The van der Waals surface area contributed by atoms with Crippen molar-refractivity contribution in [3.8, 4) is 5.75 Å². The van der Waals surface area contributed by atoms with E-state index < -0.39 is 98.2 Å². The van der Waals surface area contributed by atoms with Gasteiger partial charge in [0.15, 0.2) is 33.0 Å². The van der Waals surface area contributed by atoms with Gasteiger partial charge < -0.3 is 5.11 Å². The summed E-state index contributed by atoms with van der Waals surface area (Å²) in [7, 11) is 0. The number of alkyl halides is 2. The summed E-state index contributed by atoms with van der Waals surface area (Å²) < 4.78 is 72.2. The number of imide groups is 2. The van der Waals surface area contributed by atoms with Gasteiger partial charge in [0.1, 0.15) is 11.4 Å². The molecule has 2 aliphatic carbocycles. The lowest BCUT2D eigenvalue weighted by Crippen LogP contribution is -2.60. The predicted octanol–water partition coefficient (Wildman–Crippen LogP) is 4.67. The Balaban J connectivity index is 1.60. The Morgan fingerprint density at radius 2 is 1.52 bits per heavy atom. The predicted molar refractivity (Wildman–Crippen MR) is 137 cm³/mol. The van der Waals surface area contributed by atoms with Gasteiger partial charge in [-0.25, -0.2) is 26.9 Å². The molecular formula is C28H19Cl2F5N2O5. The molecule has 0 radical (unpaired) electrons. The summed E-state index contributed by atoms with van der Waals surface area (Å²) in [4.78, 5) is 50.1. The maximum atomic E-state index is 15.0.